The summed E-state index contributed by atoms with van der Waals surface area (Å²) >= 11 is 2.77. The molecule has 0 fully saturated rings. The van der Waals surface area contributed by atoms with Gasteiger partial charge in [-0.05, 0) is 19.1 Å². The van der Waals surface area contributed by atoms with Crippen LogP contribution in [-0.2, 0) is 4.79 Å². The fourth-order valence-corrected chi connectivity index (χ4v) is 3.68. The van der Waals surface area contributed by atoms with Crippen molar-refractivity contribution in [2.24, 2.45) is 0 Å². The number of thiazole rings is 1. The zero-order valence-electron chi connectivity index (χ0n) is 13.8. The summed E-state index contributed by atoms with van der Waals surface area (Å²) in [6.45, 7) is 1.89. The third-order valence-corrected chi connectivity index (χ3v) is 5.28. The number of thioether (sulfide) groups is 1. The zero-order valence-corrected chi connectivity index (χ0v) is 15.4. The molecule has 3 heterocycles. The third-order valence-electron chi connectivity index (χ3n) is 3.49. The lowest BCUT2D eigenvalue weighted by molar-refractivity contribution is -0.113. The Labute approximate surface area is 157 Å². The molecule has 9 heteroatoms. The van der Waals surface area contributed by atoms with Crippen LogP contribution in [0.25, 0.3) is 17.0 Å². The number of carbonyl (C=O) groups excluding carboxylic acids is 1. The standard InChI is InChI=1S/C17H14N6OS2/c1-11-9-26-17(18-11)19-14(24)10-25-15-8-7-13-20-21-16(23(13)22-15)12-5-3-2-4-6-12/h2-9H,10H2,1H3,(H,18,19,24). The first-order chi connectivity index (χ1) is 12.7. The first-order valence-electron chi connectivity index (χ1n) is 7.82. The van der Waals surface area contributed by atoms with Gasteiger partial charge in [0.25, 0.3) is 0 Å². The third kappa shape index (κ3) is 3.58. The number of hydrogen-bond acceptors (Lipinski definition) is 7. The Bertz CT molecular complexity index is 1060. The lowest BCUT2D eigenvalue weighted by atomic mass is 10.2. The largest absolute Gasteiger partial charge is 0.301 e. The summed E-state index contributed by atoms with van der Waals surface area (Å²) in [5.41, 5.74) is 2.49. The highest BCUT2D eigenvalue weighted by atomic mass is 32.2. The molecule has 0 saturated heterocycles. The number of nitrogens with zero attached hydrogens (tertiary/aromatic N) is 5. The predicted molar refractivity (Wildman–Crippen MR) is 102 cm³/mol. The van der Waals surface area contributed by atoms with Gasteiger partial charge in [0.1, 0.15) is 5.03 Å². The van der Waals surface area contributed by atoms with Crippen LogP contribution in [0, 0.1) is 6.92 Å². The van der Waals surface area contributed by atoms with Gasteiger partial charge in [-0.25, -0.2) is 4.98 Å². The number of aromatic nitrogens is 5. The molecule has 0 atom stereocenters. The average Bonchev–Trinajstić information content (AvgIpc) is 3.26. The van der Waals surface area contributed by atoms with Crippen LogP contribution in [0.2, 0.25) is 0 Å². The van der Waals surface area contributed by atoms with Gasteiger partial charge in [0, 0.05) is 10.9 Å². The maximum Gasteiger partial charge on any atom is 0.236 e. The van der Waals surface area contributed by atoms with Crippen LogP contribution in [0.15, 0.2) is 52.9 Å². The van der Waals surface area contributed by atoms with Crippen molar-refractivity contribution in [2.45, 2.75) is 11.9 Å². The summed E-state index contributed by atoms with van der Waals surface area (Å²) in [5.74, 6) is 0.809. The molecule has 0 unspecified atom stereocenters. The second-order valence-electron chi connectivity index (χ2n) is 5.46. The molecule has 1 N–H and O–H groups in total. The van der Waals surface area contributed by atoms with E-state index in [9.17, 15) is 4.79 Å². The number of fused-ring (bicyclic) bond motifs is 1. The second kappa shape index (κ2) is 7.22. The summed E-state index contributed by atoms with van der Waals surface area (Å²) in [5, 5.41) is 18.9. The van der Waals surface area contributed by atoms with Crippen molar-refractivity contribution in [2.75, 3.05) is 11.1 Å². The van der Waals surface area contributed by atoms with Crippen molar-refractivity contribution in [3.05, 3.63) is 53.5 Å². The molecule has 130 valence electrons. The van der Waals surface area contributed by atoms with Gasteiger partial charge < -0.3 is 5.32 Å². The number of benzene rings is 1. The summed E-state index contributed by atoms with van der Waals surface area (Å²) in [7, 11) is 0. The molecule has 4 rings (SSSR count). The maximum atomic E-state index is 12.1. The predicted octanol–water partition coefficient (Wildman–Crippen LogP) is 3.29. The molecule has 0 aliphatic heterocycles. The number of nitrogens with one attached hydrogen (secondary N) is 1. The van der Waals surface area contributed by atoms with Crippen molar-refractivity contribution < 1.29 is 4.79 Å². The SMILES string of the molecule is Cc1csc(NC(=O)CSc2ccc3nnc(-c4ccccc4)n3n2)n1. The molecule has 1 aromatic carbocycles. The Hall–Kier alpha value is -2.78. The van der Waals surface area contributed by atoms with Crippen molar-refractivity contribution in [1.82, 2.24) is 24.8 Å². The van der Waals surface area contributed by atoms with Crippen LogP contribution in [0.5, 0.6) is 0 Å². The number of hydrogen-bond donors (Lipinski definition) is 1. The summed E-state index contributed by atoms with van der Waals surface area (Å²) < 4.78 is 1.69. The zero-order chi connectivity index (χ0) is 17.9. The van der Waals surface area contributed by atoms with E-state index >= 15 is 0 Å². The van der Waals surface area contributed by atoms with Gasteiger partial charge in [-0.3, -0.25) is 4.79 Å². The minimum absolute atomic E-state index is 0.113. The molecular formula is C17H14N6OS2. The topological polar surface area (TPSA) is 85.1 Å². The van der Waals surface area contributed by atoms with E-state index in [1.54, 1.807) is 4.52 Å². The Balaban J connectivity index is 1.49. The van der Waals surface area contributed by atoms with Gasteiger partial charge in [0.05, 0.1) is 11.4 Å². The number of carbonyl (C=O) groups is 1. The van der Waals surface area contributed by atoms with Crippen molar-refractivity contribution in [3.63, 3.8) is 0 Å². The van der Waals surface area contributed by atoms with Crippen LogP contribution in [-0.4, -0.2) is 36.5 Å². The van der Waals surface area contributed by atoms with E-state index in [1.165, 1.54) is 23.1 Å². The molecule has 26 heavy (non-hydrogen) atoms. The van der Waals surface area contributed by atoms with Crippen LogP contribution in [0.3, 0.4) is 0 Å². The number of amides is 1. The average molecular weight is 382 g/mol. The number of aryl methyl sites for hydroxylation is 1. The molecule has 0 aliphatic carbocycles. The molecule has 3 aromatic heterocycles. The van der Waals surface area contributed by atoms with Crippen LogP contribution >= 0.6 is 23.1 Å². The molecule has 0 aliphatic rings. The first-order valence-corrected chi connectivity index (χ1v) is 9.68. The van der Waals surface area contributed by atoms with Gasteiger partial charge in [-0.2, -0.15) is 9.61 Å². The highest BCUT2D eigenvalue weighted by Gasteiger charge is 2.11. The normalized spacial score (nSPS) is 11.0. The van der Waals surface area contributed by atoms with Gasteiger partial charge in [0.15, 0.2) is 16.6 Å². The van der Waals surface area contributed by atoms with E-state index in [1.807, 2.05) is 54.8 Å². The first kappa shape index (κ1) is 16.7. The van der Waals surface area contributed by atoms with Gasteiger partial charge in [-0.1, -0.05) is 42.1 Å². The van der Waals surface area contributed by atoms with Gasteiger partial charge in [0.2, 0.25) is 5.91 Å². The Morgan fingerprint density at radius 2 is 2.04 bits per heavy atom. The Morgan fingerprint density at radius 1 is 1.19 bits per heavy atom. The van der Waals surface area contributed by atoms with Crippen molar-refractivity contribution in [1.29, 1.82) is 0 Å². The minimum atomic E-state index is -0.113. The van der Waals surface area contributed by atoms with E-state index in [4.69, 9.17) is 0 Å². The fourth-order valence-electron chi connectivity index (χ4n) is 2.32. The molecule has 4 aromatic rings. The molecule has 0 bridgehead atoms. The van der Waals surface area contributed by atoms with E-state index in [-0.39, 0.29) is 11.7 Å². The number of rotatable bonds is 5. The van der Waals surface area contributed by atoms with Crippen LogP contribution < -0.4 is 5.32 Å². The van der Waals surface area contributed by atoms with E-state index in [2.05, 4.69) is 25.6 Å². The Kier molecular flexibility index (Phi) is 4.63. The lowest BCUT2D eigenvalue weighted by Gasteiger charge is -2.03. The summed E-state index contributed by atoms with van der Waals surface area (Å²) in [4.78, 5) is 16.3. The molecular weight excluding hydrogens is 368 g/mol. The van der Waals surface area contributed by atoms with Crippen LogP contribution in [0.4, 0.5) is 5.13 Å². The molecule has 0 spiro atoms. The fraction of sp³-hybridized carbons (Fsp3) is 0.118. The molecule has 7 nitrogen and oxygen atoms in total. The van der Waals surface area contributed by atoms with Crippen molar-refractivity contribution >= 4 is 39.8 Å². The summed E-state index contributed by atoms with van der Waals surface area (Å²) in [6, 6.07) is 13.4. The summed E-state index contributed by atoms with van der Waals surface area (Å²) in [6.07, 6.45) is 0. The lowest BCUT2D eigenvalue weighted by Crippen LogP contribution is -2.14. The second-order valence-corrected chi connectivity index (χ2v) is 7.32. The van der Waals surface area contributed by atoms with E-state index < -0.39 is 0 Å². The molecule has 0 radical (unpaired) electrons. The van der Waals surface area contributed by atoms with E-state index in [0.717, 1.165) is 16.3 Å². The monoisotopic (exact) mass is 382 g/mol. The van der Waals surface area contributed by atoms with Crippen molar-refractivity contribution in [3.8, 4) is 11.4 Å². The molecule has 0 saturated carbocycles. The van der Waals surface area contributed by atoms with Crippen LogP contribution in [0.1, 0.15) is 5.69 Å². The highest BCUT2D eigenvalue weighted by molar-refractivity contribution is 7.99. The Morgan fingerprint density at radius 3 is 2.81 bits per heavy atom. The van der Waals surface area contributed by atoms with Gasteiger partial charge in [-0.15, -0.1) is 21.5 Å². The van der Waals surface area contributed by atoms with Gasteiger partial charge >= 0.3 is 0 Å². The quantitative estimate of drug-likeness (QED) is 0.533. The smallest absolute Gasteiger partial charge is 0.236 e. The number of anilines is 1. The van der Waals surface area contributed by atoms with E-state index in [0.29, 0.717) is 16.6 Å². The molecule has 1 amide bonds. The minimum Gasteiger partial charge on any atom is -0.301 e. The maximum absolute atomic E-state index is 12.1. The highest BCUT2D eigenvalue weighted by Crippen LogP contribution is 2.21.